The number of para-hydroxylation sites is 1. The Morgan fingerprint density at radius 3 is 2.71 bits per heavy atom. The maximum atomic E-state index is 5.67. The van der Waals surface area contributed by atoms with Crippen LogP contribution in [0.3, 0.4) is 0 Å². The Kier molecular flexibility index (Phi) is 5.15. The van der Waals surface area contributed by atoms with Crippen LogP contribution in [0.1, 0.15) is 26.5 Å². The highest BCUT2D eigenvalue weighted by atomic mass is 16.5. The van der Waals surface area contributed by atoms with Crippen molar-refractivity contribution in [3.63, 3.8) is 0 Å². The number of nitrogens with zero attached hydrogens (tertiary/aromatic N) is 1. The third-order valence-electron chi connectivity index (χ3n) is 3.35. The zero-order chi connectivity index (χ0) is 15.3. The Morgan fingerprint density at radius 2 is 2.00 bits per heavy atom. The molecule has 0 saturated heterocycles. The number of fused-ring (bicyclic) bond motifs is 1. The van der Waals surface area contributed by atoms with Crippen molar-refractivity contribution in [2.75, 3.05) is 20.3 Å². The van der Waals surface area contributed by atoms with Crippen LogP contribution in [0.2, 0.25) is 0 Å². The van der Waals surface area contributed by atoms with Crippen LogP contribution in [0.5, 0.6) is 5.75 Å². The fraction of sp³-hybridized carbons (Fsp3) is 0.471. The number of nitrogens with one attached hydrogen (secondary N) is 1. The van der Waals surface area contributed by atoms with Crippen molar-refractivity contribution in [1.82, 2.24) is 10.3 Å². The lowest BCUT2D eigenvalue weighted by Gasteiger charge is -2.24. The van der Waals surface area contributed by atoms with Gasteiger partial charge in [-0.25, -0.2) is 4.98 Å². The number of benzene rings is 1. The summed E-state index contributed by atoms with van der Waals surface area (Å²) in [5.74, 6) is 0.809. The molecule has 2 aromatic rings. The van der Waals surface area contributed by atoms with Gasteiger partial charge < -0.3 is 14.8 Å². The maximum absolute atomic E-state index is 5.67. The van der Waals surface area contributed by atoms with Crippen molar-refractivity contribution in [1.29, 1.82) is 0 Å². The summed E-state index contributed by atoms with van der Waals surface area (Å²) in [7, 11) is 1.67. The maximum Gasteiger partial charge on any atom is 0.145 e. The van der Waals surface area contributed by atoms with Crippen LogP contribution in [0.15, 0.2) is 30.3 Å². The number of methoxy groups -OCH3 is 1. The van der Waals surface area contributed by atoms with E-state index in [1.165, 1.54) is 0 Å². The second kappa shape index (κ2) is 6.87. The van der Waals surface area contributed by atoms with Gasteiger partial charge in [-0.2, -0.15) is 0 Å². The molecular formula is C17H24N2O2. The first-order valence-electron chi connectivity index (χ1n) is 7.33. The largest absolute Gasteiger partial charge is 0.494 e. The van der Waals surface area contributed by atoms with Gasteiger partial charge in [0.1, 0.15) is 11.3 Å². The molecule has 4 heteroatoms. The molecule has 0 aliphatic heterocycles. The molecule has 0 bridgehead atoms. The molecule has 0 spiro atoms. The van der Waals surface area contributed by atoms with Crippen LogP contribution >= 0.6 is 0 Å². The van der Waals surface area contributed by atoms with E-state index in [2.05, 4.69) is 30.2 Å². The van der Waals surface area contributed by atoms with Gasteiger partial charge in [0, 0.05) is 25.1 Å². The summed E-state index contributed by atoms with van der Waals surface area (Å²) in [6, 6.07) is 10.1. The molecule has 1 heterocycles. The summed E-state index contributed by atoms with van der Waals surface area (Å²) < 4.78 is 11.0. The van der Waals surface area contributed by atoms with E-state index in [9.17, 15) is 0 Å². The van der Waals surface area contributed by atoms with Gasteiger partial charge in [-0.15, -0.1) is 0 Å². The quantitative estimate of drug-likeness (QED) is 0.850. The molecule has 0 aliphatic rings. The third kappa shape index (κ3) is 4.16. The van der Waals surface area contributed by atoms with Crippen molar-refractivity contribution in [3.8, 4) is 5.75 Å². The molecule has 4 nitrogen and oxygen atoms in total. The molecule has 1 N–H and O–H groups in total. The normalized spacial score (nSPS) is 11.8. The predicted molar refractivity (Wildman–Crippen MR) is 85.7 cm³/mol. The van der Waals surface area contributed by atoms with Gasteiger partial charge in [-0.1, -0.05) is 18.2 Å². The highest BCUT2D eigenvalue weighted by Gasteiger charge is 2.16. The first-order chi connectivity index (χ1) is 10.1. The van der Waals surface area contributed by atoms with Gasteiger partial charge in [0.15, 0.2) is 0 Å². The van der Waals surface area contributed by atoms with Gasteiger partial charge in [0.2, 0.25) is 0 Å². The van der Waals surface area contributed by atoms with Crippen LogP contribution in [0.25, 0.3) is 10.9 Å². The van der Waals surface area contributed by atoms with E-state index in [0.717, 1.165) is 35.5 Å². The Balaban J connectivity index is 2.06. The molecular weight excluding hydrogens is 264 g/mol. The van der Waals surface area contributed by atoms with E-state index >= 15 is 0 Å². The van der Waals surface area contributed by atoms with Crippen molar-refractivity contribution >= 4 is 10.9 Å². The van der Waals surface area contributed by atoms with Crippen molar-refractivity contribution in [3.05, 3.63) is 36.0 Å². The number of hydrogen-bond donors (Lipinski definition) is 1. The highest BCUT2D eigenvalue weighted by molar-refractivity contribution is 5.84. The lowest BCUT2D eigenvalue weighted by atomic mass is 10.1. The molecule has 0 atom stereocenters. The lowest BCUT2D eigenvalue weighted by molar-refractivity contribution is -0.00901. The van der Waals surface area contributed by atoms with Gasteiger partial charge >= 0.3 is 0 Å². The summed E-state index contributed by atoms with van der Waals surface area (Å²) in [6.07, 6.45) is 0. The van der Waals surface area contributed by atoms with Gasteiger partial charge in [-0.05, 0) is 32.9 Å². The van der Waals surface area contributed by atoms with Crippen molar-refractivity contribution in [2.24, 2.45) is 0 Å². The molecule has 2 rings (SSSR count). The van der Waals surface area contributed by atoms with Gasteiger partial charge in [0.25, 0.3) is 0 Å². The minimum Gasteiger partial charge on any atom is -0.494 e. The predicted octanol–water partition coefficient (Wildman–Crippen LogP) is 3.15. The molecule has 0 radical (unpaired) electrons. The molecule has 0 saturated carbocycles. The number of rotatable bonds is 7. The first kappa shape index (κ1) is 15.7. The molecule has 0 amide bonds. The van der Waals surface area contributed by atoms with E-state index in [0.29, 0.717) is 6.54 Å². The van der Waals surface area contributed by atoms with E-state index in [-0.39, 0.29) is 5.60 Å². The number of hydrogen-bond acceptors (Lipinski definition) is 4. The van der Waals surface area contributed by atoms with Crippen LogP contribution in [0.4, 0.5) is 0 Å². The number of pyridine rings is 1. The summed E-state index contributed by atoms with van der Waals surface area (Å²) >= 11 is 0. The smallest absolute Gasteiger partial charge is 0.145 e. The summed E-state index contributed by atoms with van der Waals surface area (Å²) in [4.78, 5) is 4.68. The Morgan fingerprint density at radius 1 is 1.19 bits per heavy atom. The Labute approximate surface area is 126 Å². The fourth-order valence-electron chi connectivity index (χ4n) is 2.36. The molecule has 21 heavy (non-hydrogen) atoms. The van der Waals surface area contributed by atoms with Crippen molar-refractivity contribution < 1.29 is 9.47 Å². The van der Waals surface area contributed by atoms with Gasteiger partial charge in [0.05, 0.1) is 18.4 Å². The molecule has 1 aromatic carbocycles. The van der Waals surface area contributed by atoms with E-state index in [4.69, 9.17) is 9.47 Å². The zero-order valence-electron chi connectivity index (χ0n) is 13.3. The lowest BCUT2D eigenvalue weighted by Crippen LogP contribution is -2.37. The van der Waals surface area contributed by atoms with Crippen LogP contribution in [-0.4, -0.2) is 30.8 Å². The molecule has 1 aromatic heterocycles. The Bertz CT molecular complexity index is 596. The topological polar surface area (TPSA) is 43.4 Å². The second-order valence-electron chi connectivity index (χ2n) is 5.63. The highest BCUT2D eigenvalue weighted by Crippen LogP contribution is 2.23. The van der Waals surface area contributed by atoms with Crippen LogP contribution in [-0.2, 0) is 11.3 Å². The molecule has 114 valence electrons. The van der Waals surface area contributed by atoms with E-state index in [1.807, 2.05) is 31.2 Å². The average molecular weight is 288 g/mol. The minimum atomic E-state index is -0.163. The van der Waals surface area contributed by atoms with Crippen LogP contribution < -0.4 is 10.1 Å². The van der Waals surface area contributed by atoms with E-state index < -0.39 is 0 Å². The molecule has 0 unspecified atom stereocenters. The SMILES string of the molecule is CCOC(C)(C)CNCc1ccc2cccc(OC)c2n1. The number of ether oxygens (including phenoxy) is 2. The summed E-state index contributed by atoms with van der Waals surface area (Å²) in [5, 5.41) is 4.49. The number of aromatic nitrogens is 1. The fourth-order valence-corrected chi connectivity index (χ4v) is 2.36. The summed E-state index contributed by atoms with van der Waals surface area (Å²) in [5.41, 5.74) is 1.74. The average Bonchev–Trinajstić information content (AvgIpc) is 2.46. The van der Waals surface area contributed by atoms with Gasteiger partial charge in [-0.3, -0.25) is 0 Å². The second-order valence-corrected chi connectivity index (χ2v) is 5.63. The van der Waals surface area contributed by atoms with Crippen LogP contribution in [0, 0.1) is 0 Å². The zero-order valence-corrected chi connectivity index (χ0v) is 13.3. The summed E-state index contributed by atoms with van der Waals surface area (Å²) in [6.45, 7) is 8.40. The Hall–Kier alpha value is -1.65. The van der Waals surface area contributed by atoms with E-state index in [1.54, 1.807) is 7.11 Å². The molecule has 0 fully saturated rings. The van der Waals surface area contributed by atoms with Crippen molar-refractivity contribution in [2.45, 2.75) is 32.9 Å². The minimum absolute atomic E-state index is 0.163. The standard InChI is InChI=1S/C17H24N2O2/c1-5-21-17(2,3)12-18-11-14-10-9-13-7-6-8-15(20-4)16(13)19-14/h6-10,18H,5,11-12H2,1-4H3. The first-order valence-corrected chi connectivity index (χ1v) is 7.33. The third-order valence-corrected chi connectivity index (χ3v) is 3.35. The molecule has 0 aliphatic carbocycles. The monoisotopic (exact) mass is 288 g/mol.